The van der Waals surface area contributed by atoms with E-state index < -0.39 is 0 Å². The Kier molecular flexibility index (Phi) is 3.30. The van der Waals surface area contributed by atoms with Crippen molar-refractivity contribution < 1.29 is 19.8 Å². The first-order chi connectivity index (χ1) is 6.74. The third-order valence-corrected chi connectivity index (χ3v) is 1.82. The molecule has 0 radical (unpaired) electrons. The molecule has 1 aromatic rings. The number of aliphatic hydroxyl groups excluding tert-OH is 1. The predicted molar refractivity (Wildman–Crippen MR) is 47.0 cm³/mol. The number of aromatic nitrogens is 1. The number of hydrogen-bond donors (Lipinski definition) is 2. The van der Waals surface area contributed by atoms with Gasteiger partial charge in [0.1, 0.15) is 12.0 Å². The highest BCUT2D eigenvalue weighted by Crippen LogP contribution is 2.22. The number of carbonyl (C=O) groups is 2. The van der Waals surface area contributed by atoms with Crippen molar-refractivity contribution in [1.29, 1.82) is 0 Å². The van der Waals surface area contributed by atoms with Crippen LogP contribution in [0.15, 0.2) is 6.20 Å². The Labute approximate surface area is 80.0 Å². The summed E-state index contributed by atoms with van der Waals surface area (Å²) in [7, 11) is 0. The van der Waals surface area contributed by atoms with Crippen LogP contribution in [0, 0.1) is 0 Å². The van der Waals surface area contributed by atoms with Crippen LogP contribution in [-0.4, -0.2) is 27.8 Å². The maximum Gasteiger partial charge on any atom is 0.154 e. The summed E-state index contributed by atoms with van der Waals surface area (Å²) in [6.45, 7) is -0.379. The fourth-order valence-corrected chi connectivity index (χ4v) is 1.08. The van der Waals surface area contributed by atoms with E-state index in [4.69, 9.17) is 5.11 Å². The zero-order valence-electron chi connectivity index (χ0n) is 7.30. The standard InChI is InChI=1S/C9H9NO4/c11-2-1-8-9(14)7(5-13)6(4-12)3-10-8/h2-3,5,12,14H,1,4H2. The zero-order chi connectivity index (χ0) is 10.6. The normalized spacial score (nSPS) is 9.79. The van der Waals surface area contributed by atoms with Gasteiger partial charge in [-0.25, -0.2) is 0 Å². The minimum atomic E-state index is -0.379. The summed E-state index contributed by atoms with van der Waals surface area (Å²) >= 11 is 0. The molecule has 5 heteroatoms. The monoisotopic (exact) mass is 195 g/mol. The summed E-state index contributed by atoms with van der Waals surface area (Å²) in [5.74, 6) is -0.335. The molecule has 0 aliphatic carbocycles. The summed E-state index contributed by atoms with van der Waals surface area (Å²) in [4.78, 5) is 24.5. The van der Waals surface area contributed by atoms with Crippen LogP contribution >= 0.6 is 0 Å². The number of carbonyl (C=O) groups excluding carboxylic acids is 2. The van der Waals surface area contributed by atoms with Gasteiger partial charge in [0.15, 0.2) is 6.29 Å². The van der Waals surface area contributed by atoms with Gasteiger partial charge in [-0.05, 0) is 0 Å². The van der Waals surface area contributed by atoms with E-state index in [0.29, 0.717) is 12.6 Å². The second-order valence-corrected chi connectivity index (χ2v) is 2.64. The van der Waals surface area contributed by atoms with Gasteiger partial charge >= 0.3 is 0 Å². The van der Waals surface area contributed by atoms with E-state index >= 15 is 0 Å². The molecule has 0 bridgehead atoms. The largest absolute Gasteiger partial charge is 0.505 e. The molecular formula is C9H9NO4. The topological polar surface area (TPSA) is 87.5 Å². The lowest BCUT2D eigenvalue weighted by Gasteiger charge is -2.06. The first-order valence-corrected chi connectivity index (χ1v) is 3.94. The van der Waals surface area contributed by atoms with E-state index in [1.165, 1.54) is 6.20 Å². The molecular weight excluding hydrogens is 186 g/mol. The number of aromatic hydroxyl groups is 1. The van der Waals surface area contributed by atoms with Gasteiger partial charge in [-0.1, -0.05) is 0 Å². The quantitative estimate of drug-likeness (QED) is 0.651. The molecule has 0 aliphatic rings. The van der Waals surface area contributed by atoms with Crippen LogP contribution in [0.1, 0.15) is 21.6 Å². The van der Waals surface area contributed by atoms with Crippen molar-refractivity contribution in [3.63, 3.8) is 0 Å². The lowest BCUT2D eigenvalue weighted by Crippen LogP contribution is -2.00. The molecule has 0 aliphatic heterocycles. The summed E-state index contributed by atoms with van der Waals surface area (Å²) in [6.07, 6.45) is 2.22. The third-order valence-electron chi connectivity index (χ3n) is 1.82. The Bertz CT molecular complexity index is 362. The number of aldehydes is 2. The molecule has 5 nitrogen and oxygen atoms in total. The second kappa shape index (κ2) is 4.48. The number of nitrogens with zero attached hydrogens (tertiary/aromatic N) is 1. The fourth-order valence-electron chi connectivity index (χ4n) is 1.08. The van der Waals surface area contributed by atoms with E-state index in [1.54, 1.807) is 0 Å². The number of rotatable bonds is 4. The molecule has 1 aromatic heterocycles. The van der Waals surface area contributed by atoms with Gasteiger partial charge in [0.05, 0.1) is 17.9 Å². The van der Waals surface area contributed by atoms with Gasteiger partial charge in [0, 0.05) is 18.2 Å². The van der Waals surface area contributed by atoms with Crippen LogP contribution in [0.5, 0.6) is 5.75 Å². The highest BCUT2D eigenvalue weighted by Gasteiger charge is 2.12. The average molecular weight is 195 g/mol. The van der Waals surface area contributed by atoms with Crippen LogP contribution in [0.2, 0.25) is 0 Å². The van der Waals surface area contributed by atoms with E-state index in [2.05, 4.69) is 4.98 Å². The molecule has 1 heterocycles. The van der Waals surface area contributed by atoms with E-state index in [-0.39, 0.29) is 35.6 Å². The summed E-state index contributed by atoms with van der Waals surface area (Å²) in [6, 6.07) is 0. The van der Waals surface area contributed by atoms with Gasteiger partial charge in [-0.2, -0.15) is 0 Å². The summed E-state index contributed by atoms with van der Waals surface area (Å²) in [5, 5.41) is 18.3. The van der Waals surface area contributed by atoms with Crippen molar-refractivity contribution in [3.05, 3.63) is 23.0 Å². The molecule has 0 spiro atoms. The number of aliphatic hydroxyl groups is 1. The Morgan fingerprint density at radius 2 is 2.14 bits per heavy atom. The van der Waals surface area contributed by atoms with E-state index in [1.807, 2.05) is 0 Å². The van der Waals surface area contributed by atoms with E-state index in [0.717, 1.165) is 0 Å². The molecule has 0 saturated carbocycles. The first-order valence-electron chi connectivity index (χ1n) is 3.94. The van der Waals surface area contributed by atoms with Gasteiger partial charge in [-0.15, -0.1) is 0 Å². The van der Waals surface area contributed by atoms with Gasteiger partial charge in [0.25, 0.3) is 0 Å². The van der Waals surface area contributed by atoms with Crippen molar-refractivity contribution in [2.45, 2.75) is 13.0 Å². The van der Waals surface area contributed by atoms with Gasteiger partial charge < -0.3 is 15.0 Å². The van der Waals surface area contributed by atoms with Crippen molar-refractivity contribution in [2.24, 2.45) is 0 Å². The second-order valence-electron chi connectivity index (χ2n) is 2.64. The Hall–Kier alpha value is -1.75. The molecule has 14 heavy (non-hydrogen) atoms. The van der Waals surface area contributed by atoms with Crippen LogP contribution in [0.4, 0.5) is 0 Å². The molecule has 0 amide bonds. The average Bonchev–Trinajstić information content (AvgIpc) is 2.21. The lowest BCUT2D eigenvalue weighted by molar-refractivity contribution is -0.107. The van der Waals surface area contributed by atoms with Crippen LogP contribution in [0.3, 0.4) is 0 Å². The minimum absolute atomic E-state index is 0.0145. The molecule has 2 N–H and O–H groups in total. The molecule has 0 fully saturated rings. The number of hydrogen-bond acceptors (Lipinski definition) is 5. The Morgan fingerprint density at radius 3 is 2.64 bits per heavy atom. The minimum Gasteiger partial charge on any atom is -0.505 e. The maximum atomic E-state index is 10.6. The van der Waals surface area contributed by atoms with Crippen molar-refractivity contribution >= 4 is 12.6 Å². The predicted octanol–water partition coefficient (Wildman–Crippen LogP) is -0.167. The van der Waals surface area contributed by atoms with Gasteiger partial charge in [0.2, 0.25) is 0 Å². The third kappa shape index (κ3) is 1.77. The Balaban J connectivity index is 3.26. The van der Waals surface area contributed by atoms with Gasteiger partial charge in [-0.3, -0.25) is 9.78 Å². The number of pyridine rings is 1. The van der Waals surface area contributed by atoms with Crippen LogP contribution in [0.25, 0.3) is 0 Å². The maximum absolute atomic E-state index is 10.6. The van der Waals surface area contributed by atoms with E-state index in [9.17, 15) is 14.7 Å². The highest BCUT2D eigenvalue weighted by molar-refractivity contribution is 5.82. The highest BCUT2D eigenvalue weighted by atomic mass is 16.3. The Morgan fingerprint density at radius 1 is 1.43 bits per heavy atom. The molecule has 74 valence electrons. The van der Waals surface area contributed by atoms with Crippen LogP contribution in [-0.2, 0) is 17.8 Å². The fraction of sp³-hybridized carbons (Fsp3) is 0.222. The first kappa shape index (κ1) is 10.3. The smallest absolute Gasteiger partial charge is 0.154 e. The molecule has 0 saturated heterocycles. The SMILES string of the molecule is O=CCc1ncc(CO)c(C=O)c1O. The zero-order valence-corrected chi connectivity index (χ0v) is 7.30. The molecule has 1 rings (SSSR count). The van der Waals surface area contributed by atoms with Crippen molar-refractivity contribution in [3.8, 4) is 5.75 Å². The van der Waals surface area contributed by atoms with Crippen LogP contribution < -0.4 is 0 Å². The summed E-state index contributed by atoms with van der Waals surface area (Å²) < 4.78 is 0. The molecule has 0 atom stereocenters. The summed E-state index contributed by atoms with van der Waals surface area (Å²) in [5.41, 5.74) is 0.366. The lowest BCUT2D eigenvalue weighted by atomic mass is 10.1. The van der Waals surface area contributed by atoms with Crippen molar-refractivity contribution in [1.82, 2.24) is 4.98 Å². The van der Waals surface area contributed by atoms with Crippen molar-refractivity contribution in [2.75, 3.05) is 0 Å². The molecule has 0 unspecified atom stereocenters. The molecule has 0 aromatic carbocycles.